The zero-order valence-corrected chi connectivity index (χ0v) is 13.1. The van der Waals surface area contributed by atoms with Gasteiger partial charge in [-0.2, -0.15) is 4.37 Å². The van der Waals surface area contributed by atoms with Crippen molar-refractivity contribution in [1.82, 2.24) is 13.9 Å². The zero-order valence-electron chi connectivity index (χ0n) is 12.3. The van der Waals surface area contributed by atoms with Gasteiger partial charge in [-0.1, -0.05) is 13.0 Å². The van der Waals surface area contributed by atoms with Crippen LogP contribution in [0.3, 0.4) is 0 Å². The number of nitrogens with one attached hydrogen (secondary N) is 1. The van der Waals surface area contributed by atoms with Gasteiger partial charge in [0.2, 0.25) is 0 Å². The molecule has 0 atom stereocenters. The van der Waals surface area contributed by atoms with Crippen molar-refractivity contribution in [3.05, 3.63) is 29.7 Å². The number of halogens is 1. The standard InChI is InChI=1S/C15H17FN4S/c1-4-8-20-11-7-5-6-10(16)13(11)18-14(20)12-9(2)19-21-15(12)17-3/h5-7,17H,4,8H2,1-3H3. The van der Waals surface area contributed by atoms with E-state index in [1.54, 1.807) is 6.07 Å². The third-order valence-electron chi connectivity index (χ3n) is 3.49. The third kappa shape index (κ3) is 2.19. The summed E-state index contributed by atoms with van der Waals surface area (Å²) >= 11 is 1.40. The Labute approximate surface area is 126 Å². The maximum Gasteiger partial charge on any atom is 0.151 e. The van der Waals surface area contributed by atoms with E-state index >= 15 is 0 Å². The van der Waals surface area contributed by atoms with E-state index < -0.39 is 0 Å². The van der Waals surface area contributed by atoms with Crippen LogP contribution >= 0.6 is 11.5 Å². The first-order valence-electron chi connectivity index (χ1n) is 6.96. The molecule has 0 bridgehead atoms. The predicted octanol–water partition coefficient (Wildman–Crippen LogP) is 4.06. The van der Waals surface area contributed by atoms with Crippen molar-refractivity contribution in [2.45, 2.75) is 26.8 Å². The van der Waals surface area contributed by atoms with Gasteiger partial charge in [-0.05, 0) is 37.0 Å². The number of aromatic nitrogens is 3. The molecule has 0 aliphatic carbocycles. The minimum atomic E-state index is -0.282. The van der Waals surface area contributed by atoms with Crippen LogP contribution in [0.5, 0.6) is 0 Å². The molecule has 6 heteroatoms. The first kappa shape index (κ1) is 14.0. The van der Waals surface area contributed by atoms with Gasteiger partial charge in [0.15, 0.2) is 5.82 Å². The molecule has 0 amide bonds. The number of anilines is 1. The molecule has 1 aromatic carbocycles. The highest BCUT2D eigenvalue weighted by Crippen LogP contribution is 2.36. The van der Waals surface area contributed by atoms with Crippen LogP contribution in [0.25, 0.3) is 22.4 Å². The lowest BCUT2D eigenvalue weighted by atomic mass is 10.2. The third-order valence-corrected chi connectivity index (χ3v) is 4.45. The van der Waals surface area contributed by atoms with Gasteiger partial charge in [0, 0.05) is 13.6 Å². The first-order valence-corrected chi connectivity index (χ1v) is 7.73. The number of hydrogen-bond acceptors (Lipinski definition) is 4. The van der Waals surface area contributed by atoms with Gasteiger partial charge < -0.3 is 9.88 Å². The average Bonchev–Trinajstić information content (AvgIpc) is 3.01. The number of aryl methyl sites for hydroxylation is 2. The van der Waals surface area contributed by atoms with Crippen LogP contribution in [0.2, 0.25) is 0 Å². The molecule has 2 heterocycles. The van der Waals surface area contributed by atoms with Crippen molar-refractivity contribution in [3.8, 4) is 11.4 Å². The van der Waals surface area contributed by atoms with Gasteiger partial charge in [0.25, 0.3) is 0 Å². The first-order chi connectivity index (χ1) is 10.2. The summed E-state index contributed by atoms with van der Waals surface area (Å²) in [4.78, 5) is 4.56. The van der Waals surface area contributed by atoms with Crippen LogP contribution in [0, 0.1) is 12.7 Å². The molecule has 0 aliphatic rings. The quantitative estimate of drug-likeness (QED) is 0.790. The number of nitrogens with zero attached hydrogens (tertiary/aromatic N) is 3. The molecular weight excluding hydrogens is 287 g/mol. The molecular formula is C15H17FN4S. The Morgan fingerprint density at radius 1 is 1.38 bits per heavy atom. The normalized spacial score (nSPS) is 11.2. The molecule has 0 saturated carbocycles. The summed E-state index contributed by atoms with van der Waals surface area (Å²) in [7, 11) is 1.86. The summed E-state index contributed by atoms with van der Waals surface area (Å²) in [5, 5.41) is 4.11. The zero-order chi connectivity index (χ0) is 15.0. The van der Waals surface area contributed by atoms with Crippen LogP contribution in [-0.2, 0) is 6.54 Å². The number of benzene rings is 1. The van der Waals surface area contributed by atoms with Crippen LogP contribution in [0.1, 0.15) is 19.0 Å². The molecule has 1 N–H and O–H groups in total. The molecule has 21 heavy (non-hydrogen) atoms. The maximum atomic E-state index is 14.0. The lowest BCUT2D eigenvalue weighted by Gasteiger charge is -2.08. The Bertz CT molecular complexity index is 790. The summed E-state index contributed by atoms with van der Waals surface area (Å²) in [6, 6.07) is 5.10. The fourth-order valence-electron chi connectivity index (χ4n) is 2.56. The molecule has 0 fully saturated rings. The topological polar surface area (TPSA) is 42.7 Å². The molecule has 4 nitrogen and oxygen atoms in total. The van der Waals surface area contributed by atoms with Gasteiger partial charge in [0.05, 0.1) is 16.8 Å². The van der Waals surface area contributed by atoms with Gasteiger partial charge in [-0.25, -0.2) is 9.37 Å². The van der Waals surface area contributed by atoms with E-state index in [0.29, 0.717) is 5.52 Å². The van der Waals surface area contributed by atoms with Crippen LogP contribution in [0.15, 0.2) is 18.2 Å². The van der Waals surface area contributed by atoms with Crippen molar-refractivity contribution in [2.75, 3.05) is 12.4 Å². The van der Waals surface area contributed by atoms with Crippen molar-refractivity contribution in [2.24, 2.45) is 0 Å². The number of rotatable bonds is 4. The highest BCUT2D eigenvalue weighted by atomic mass is 32.1. The van der Waals surface area contributed by atoms with Gasteiger partial charge in [-0.3, -0.25) is 0 Å². The minimum absolute atomic E-state index is 0.282. The van der Waals surface area contributed by atoms with Gasteiger partial charge in [-0.15, -0.1) is 0 Å². The Morgan fingerprint density at radius 3 is 2.90 bits per heavy atom. The Kier molecular flexibility index (Phi) is 3.63. The lowest BCUT2D eigenvalue weighted by Crippen LogP contribution is -2.01. The largest absolute Gasteiger partial charge is 0.378 e. The highest BCUT2D eigenvalue weighted by Gasteiger charge is 2.20. The summed E-state index contributed by atoms with van der Waals surface area (Å²) in [6.07, 6.45) is 0.959. The average molecular weight is 304 g/mol. The summed E-state index contributed by atoms with van der Waals surface area (Å²) in [6.45, 7) is 4.86. The fraction of sp³-hybridized carbons (Fsp3) is 0.333. The van der Waals surface area contributed by atoms with Crippen molar-refractivity contribution >= 4 is 27.6 Å². The van der Waals surface area contributed by atoms with Crippen LogP contribution in [-0.4, -0.2) is 21.0 Å². The number of fused-ring (bicyclic) bond motifs is 1. The molecule has 3 aromatic rings. The number of hydrogen-bond donors (Lipinski definition) is 1. The van der Waals surface area contributed by atoms with E-state index in [9.17, 15) is 4.39 Å². The fourth-order valence-corrected chi connectivity index (χ4v) is 3.30. The monoisotopic (exact) mass is 304 g/mol. The summed E-state index contributed by atoms with van der Waals surface area (Å²) in [5.74, 6) is 0.503. The van der Waals surface area contributed by atoms with Crippen LogP contribution in [0.4, 0.5) is 9.39 Å². The predicted molar refractivity (Wildman–Crippen MR) is 85.4 cm³/mol. The Hall–Kier alpha value is -1.95. The molecule has 0 radical (unpaired) electrons. The van der Waals surface area contributed by atoms with E-state index in [2.05, 4.69) is 26.2 Å². The Morgan fingerprint density at radius 2 is 2.19 bits per heavy atom. The number of imidazole rings is 1. The van der Waals surface area contributed by atoms with Crippen molar-refractivity contribution in [1.29, 1.82) is 0 Å². The van der Waals surface area contributed by atoms with Crippen molar-refractivity contribution < 1.29 is 4.39 Å². The molecule has 0 saturated heterocycles. The summed E-state index contributed by atoms with van der Waals surface area (Å²) in [5.41, 5.74) is 3.14. The molecule has 2 aromatic heterocycles. The Balaban J connectivity index is 2.33. The van der Waals surface area contributed by atoms with Gasteiger partial charge in [0.1, 0.15) is 16.3 Å². The van der Waals surface area contributed by atoms with E-state index in [1.165, 1.54) is 17.6 Å². The van der Waals surface area contributed by atoms with Crippen LogP contribution < -0.4 is 5.32 Å². The second-order valence-corrected chi connectivity index (χ2v) is 5.69. The van der Waals surface area contributed by atoms with E-state index in [4.69, 9.17) is 0 Å². The smallest absolute Gasteiger partial charge is 0.151 e. The molecule has 110 valence electrons. The minimum Gasteiger partial charge on any atom is -0.378 e. The van der Waals surface area contributed by atoms with E-state index in [-0.39, 0.29) is 5.82 Å². The lowest BCUT2D eigenvalue weighted by molar-refractivity contribution is 0.637. The molecule has 0 unspecified atom stereocenters. The summed E-state index contributed by atoms with van der Waals surface area (Å²) < 4.78 is 20.5. The number of para-hydroxylation sites is 1. The second kappa shape index (κ2) is 5.44. The maximum absolute atomic E-state index is 14.0. The van der Waals surface area contributed by atoms with E-state index in [0.717, 1.165) is 40.6 Å². The van der Waals surface area contributed by atoms with E-state index in [1.807, 2.05) is 20.0 Å². The molecule has 0 spiro atoms. The SMILES string of the molecule is CCCn1c(-c2c(C)nsc2NC)nc2c(F)cccc21. The van der Waals surface area contributed by atoms with Gasteiger partial charge >= 0.3 is 0 Å². The second-order valence-electron chi connectivity index (χ2n) is 4.92. The highest BCUT2D eigenvalue weighted by molar-refractivity contribution is 7.10. The molecule has 3 rings (SSSR count). The molecule has 0 aliphatic heterocycles. The van der Waals surface area contributed by atoms with Crippen molar-refractivity contribution in [3.63, 3.8) is 0 Å².